The summed E-state index contributed by atoms with van der Waals surface area (Å²) in [4.78, 5) is 12.1. The molecule has 0 bridgehead atoms. The molecule has 114 valence electrons. The molecule has 2 N–H and O–H groups in total. The van der Waals surface area contributed by atoms with Crippen LogP contribution in [-0.2, 0) is 10.0 Å². The zero-order chi connectivity index (χ0) is 13.9. The number of carbonyl (C=O) groups is 1. The van der Waals surface area contributed by atoms with Crippen LogP contribution in [0.5, 0.6) is 0 Å². The van der Waals surface area contributed by atoms with Crippen molar-refractivity contribution >= 4 is 39.7 Å². The van der Waals surface area contributed by atoms with Crippen molar-refractivity contribution in [1.29, 1.82) is 0 Å². The first kappa shape index (κ1) is 17.4. The summed E-state index contributed by atoms with van der Waals surface area (Å²) in [5.74, 6) is -0.260. The van der Waals surface area contributed by atoms with Gasteiger partial charge in [0.15, 0.2) is 0 Å². The number of hydrogen-bond acceptors (Lipinski definition) is 5. The molecule has 0 aliphatic carbocycles. The van der Waals surface area contributed by atoms with Crippen molar-refractivity contribution in [2.75, 3.05) is 33.2 Å². The Balaban J connectivity index is 0.00000200. The highest BCUT2D eigenvalue weighted by Gasteiger charge is 2.26. The zero-order valence-corrected chi connectivity index (χ0v) is 13.5. The van der Waals surface area contributed by atoms with Crippen LogP contribution in [0.1, 0.15) is 16.1 Å². The number of halogens is 1. The lowest BCUT2D eigenvalue weighted by atomic mass is 10.4. The molecule has 0 radical (unpaired) electrons. The van der Waals surface area contributed by atoms with E-state index in [0.29, 0.717) is 24.5 Å². The van der Waals surface area contributed by atoms with E-state index in [2.05, 4.69) is 10.6 Å². The Morgan fingerprint density at radius 2 is 2.15 bits per heavy atom. The van der Waals surface area contributed by atoms with E-state index in [4.69, 9.17) is 0 Å². The van der Waals surface area contributed by atoms with E-state index in [1.165, 1.54) is 22.8 Å². The topological polar surface area (TPSA) is 78.5 Å². The first-order valence-electron chi connectivity index (χ1n) is 6.07. The van der Waals surface area contributed by atoms with Crippen molar-refractivity contribution in [3.8, 4) is 0 Å². The van der Waals surface area contributed by atoms with Gasteiger partial charge in [0.1, 0.15) is 0 Å². The number of thiophene rings is 1. The number of nitrogens with zero attached hydrogens (tertiary/aromatic N) is 1. The van der Waals surface area contributed by atoms with Crippen LogP contribution in [0.4, 0.5) is 0 Å². The Labute approximate surface area is 129 Å². The zero-order valence-electron chi connectivity index (χ0n) is 11.1. The summed E-state index contributed by atoms with van der Waals surface area (Å²) < 4.78 is 26.3. The third-order valence-electron chi connectivity index (χ3n) is 2.96. The lowest BCUT2D eigenvalue weighted by molar-refractivity contribution is 0.0967. The third-order valence-corrected chi connectivity index (χ3v) is 5.92. The maximum atomic E-state index is 12.4. The Morgan fingerprint density at radius 3 is 2.85 bits per heavy atom. The first-order valence-corrected chi connectivity index (χ1v) is 8.39. The first-order chi connectivity index (χ1) is 9.05. The second-order valence-corrected chi connectivity index (χ2v) is 7.08. The van der Waals surface area contributed by atoms with Gasteiger partial charge in [-0.05, 0) is 19.0 Å². The lowest BCUT2D eigenvalue weighted by Gasteiger charge is -2.18. The Hall–Kier alpha value is -0.670. The van der Waals surface area contributed by atoms with Crippen LogP contribution in [0.15, 0.2) is 16.3 Å². The standard InChI is InChI=1S/C11H17N3O3S2.ClH/c1-12-11(15)10-7-9(8-18-10)19(16,17)14-5-2-3-13-4-6-14;/h7-8,13H,2-6H2,1H3,(H,12,15);1H. The second-order valence-electron chi connectivity index (χ2n) is 4.23. The molecule has 0 unspecified atom stereocenters. The average Bonchev–Trinajstić information content (AvgIpc) is 2.74. The van der Waals surface area contributed by atoms with E-state index in [1.54, 1.807) is 0 Å². The van der Waals surface area contributed by atoms with Crippen LogP contribution in [0.3, 0.4) is 0 Å². The van der Waals surface area contributed by atoms with Gasteiger partial charge in [-0.15, -0.1) is 23.7 Å². The molecule has 0 saturated carbocycles. The van der Waals surface area contributed by atoms with Crippen LogP contribution in [0.2, 0.25) is 0 Å². The number of carbonyl (C=O) groups excluding carboxylic acids is 1. The van der Waals surface area contributed by atoms with Gasteiger partial charge in [-0.1, -0.05) is 0 Å². The summed E-state index contributed by atoms with van der Waals surface area (Å²) in [6.07, 6.45) is 0.797. The van der Waals surface area contributed by atoms with E-state index < -0.39 is 10.0 Å². The van der Waals surface area contributed by atoms with E-state index in [1.807, 2.05) is 0 Å². The molecule has 1 aliphatic rings. The Bertz CT molecular complexity index is 551. The molecule has 1 fully saturated rings. The predicted octanol–water partition coefficient (Wildman–Crippen LogP) is 0.514. The van der Waals surface area contributed by atoms with Crippen LogP contribution in [0.25, 0.3) is 0 Å². The molecule has 0 atom stereocenters. The molecule has 6 nitrogen and oxygen atoms in total. The van der Waals surface area contributed by atoms with Gasteiger partial charge in [0.2, 0.25) is 10.0 Å². The highest BCUT2D eigenvalue weighted by Crippen LogP contribution is 2.23. The molecule has 9 heteroatoms. The number of rotatable bonds is 3. The molecule has 1 aromatic heterocycles. The van der Waals surface area contributed by atoms with Gasteiger partial charge in [-0.2, -0.15) is 4.31 Å². The Kier molecular flexibility index (Phi) is 6.41. The second kappa shape index (κ2) is 7.37. The smallest absolute Gasteiger partial charge is 0.261 e. The van der Waals surface area contributed by atoms with Crippen LogP contribution in [0, 0.1) is 0 Å². The number of sulfonamides is 1. The molecule has 1 saturated heterocycles. The van der Waals surface area contributed by atoms with Crippen molar-refractivity contribution in [2.45, 2.75) is 11.3 Å². The van der Waals surface area contributed by atoms with Crippen molar-refractivity contribution in [1.82, 2.24) is 14.9 Å². The normalized spacial score (nSPS) is 17.1. The quantitative estimate of drug-likeness (QED) is 0.841. The molecule has 0 aromatic carbocycles. The van der Waals surface area contributed by atoms with E-state index in [0.717, 1.165) is 24.3 Å². The minimum Gasteiger partial charge on any atom is -0.354 e. The summed E-state index contributed by atoms with van der Waals surface area (Å²) >= 11 is 1.14. The van der Waals surface area contributed by atoms with Crippen molar-refractivity contribution < 1.29 is 13.2 Å². The van der Waals surface area contributed by atoms with E-state index in [-0.39, 0.29) is 23.2 Å². The monoisotopic (exact) mass is 339 g/mol. The fourth-order valence-electron chi connectivity index (χ4n) is 1.91. The SMILES string of the molecule is CNC(=O)c1cc(S(=O)(=O)N2CCCNCC2)cs1.Cl. The van der Waals surface area contributed by atoms with Crippen LogP contribution < -0.4 is 10.6 Å². The molecule has 0 spiro atoms. The molecule has 1 amide bonds. The highest BCUT2D eigenvalue weighted by atomic mass is 35.5. The third kappa shape index (κ3) is 3.70. The van der Waals surface area contributed by atoms with Gasteiger partial charge in [-0.3, -0.25) is 4.79 Å². The fourth-order valence-corrected chi connectivity index (χ4v) is 4.59. The number of amides is 1. The largest absolute Gasteiger partial charge is 0.354 e. The summed E-state index contributed by atoms with van der Waals surface area (Å²) in [6, 6.07) is 1.44. The van der Waals surface area contributed by atoms with E-state index >= 15 is 0 Å². The van der Waals surface area contributed by atoms with Crippen LogP contribution in [-0.4, -0.2) is 51.9 Å². The summed E-state index contributed by atoms with van der Waals surface area (Å²) in [7, 11) is -1.96. The fraction of sp³-hybridized carbons (Fsp3) is 0.545. The summed E-state index contributed by atoms with van der Waals surface area (Å²) in [6.45, 7) is 2.47. The van der Waals surface area contributed by atoms with Gasteiger partial charge in [0.05, 0.1) is 9.77 Å². The minimum atomic E-state index is -3.48. The maximum absolute atomic E-state index is 12.4. The maximum Gasteiger partial charge on any atom is 0.261 e. The number of hydrogen-bond donors (Lipinski definition) is 2. The molecular weight excluding hydrogens is 322 g/mol. The molecule has 1 aromatic rings. The molecule has 2 rings (SSSR count). The van der Waals surface area contributed by atoms with Gasteiger partial charge in [0, 0.05) is 32.1 Å². The van der Waals surface area contributed by atoms with Crippen molar-refractivity contribution in [3.63, 3.8) is 0 Å². The molecule has 2 heterocycles. The predicted molar refractivity (Wildman–Crippen MR) is 81.2 cm³/mol. The molecule has 1 aliphatic heterocycles. The molecule has 20 heavy (non-hydrogen) atoms. The summed E-state index contributed by atoms with van der Waals surface area (Å²) in [5, 5.41) is 7.18. The highest BCUT2D eigenvalue weighted by molar-refractivity contribution is 7.89. The Morgan fingerprint density at radius 1 is 1.40 bits per heavy atom. The minimum absolute atomic E-state index is 0. The lowest BCUT2D eigenvalue weighted by Crippen LogP contribution is -2.34. The van der Waals surface area contributed by atoms with Gasteiger partial charge < -0.3 is 10.6 Å². The van der Waals surface area contributed by atoms with Crippen molar-refractivity contribution in [3.05, 3.63) is 16.3 Å². The average molecular weight is 340 g/mol. The van der Waals surface area contributed by atoms with Gasteiger partial charge >= 0.3 is 0 Å². The van der Waals surface area contributed by atoms with Crippen molar-refractivity contribution in [2.24, 2.45) is 0 Å². The van der Waals surface area contributed by atoms with Crippen LogP contribution >= 0.6 is 23.7 Å². The van der Waals surface area contributed by atoms with E-state index in [9.17, 15) is 13.2 Å². The van der Waals surface area contributed by atoms with Gasteiger partial charge in [0.25, 0.3) is 5.91 Å². The summed E-state index contributed by atoms with van der Waals surface area (Å²) in [5.41, 5.74) is 0. The molecular formula is C11H18ClN3O3S2. The van der Waals surface area contributed by atoms with Gasteiger partial charge in [-0.25, -0.2) is 8.42 Å². The number of nitrogens with one attached hydrogen (secondary N) is 2.